The van der Waals surface area contributed by atoms with Crippen LogP contribution >= 0.6 is 11.6 Å². The maximum atomic E-state index is 9.21. The normalized spacial score (nSPS) is 10.9. The fraction of sp³-hybridized carbons (Fsp3) is 0.286. The van der Waals surface area contributed by atoms with Crippen molar-refractivity contribution in [1.82, 2.24) is 24.5 Å². The van der Waals surface area contributed by atoms with E-state index in [9.17, 15) is 5.11 Å². The number of nitrogens with zero attached hydrogens (tertiary/aromatic N) is 5. The maximum absolute atomic E-state index is 9.21. The molecule has 3 heterocycles. The second-order valence-corrected chi connectivity index (χ2v) is 5.03. The molecule has 2 N–H and O–H groups in total. The van der Waals surface area contributed by atoms with Crippen molar-refractivity contribution in [2.75, 3.05) is 19.0 Å². The highest BCUT2D eigenvalue weighted by Crippen LogP contribution is 2.26. The Morgan fingerprint density at radius 1 is 1.26 bits per heavy atom. The summed E-state index contributed by atoms with van der Waals surface area (Å²) in [5.41, 5.74) is 2.09. The Kier molecular flexibility index (Phi) is 4.54. The second kappa shape index (κ2) is 6.76. The fourth-order valence-electron chi connectivity index (χ4n) is 2.22. The van der Waals surface area contributed by atoms with Crippen LogP contribution in [-0.2, 0) is 13.1 Å². The third-order valence-electron chi connectivity index (χ3n) is 3.25. The standard InChI is InChI=1S/C14H15ClN6O2/c1-23-14-18-10-11(17-8-9-2-4-16-5-3-9)19-13(15)20-12(10)21(14)6-7-22/h2-5,22H,6-8H2,1H3,(H,17,19,20). The number of ether oxygens (including phenoxy) is 1. The van der Waals surface area contributed by atoms with Crippen LogP contribution in [0.1, 0.15) is 5.56 Å². The highest BCUT2D eigenvalue weighted by Gasteiger charge is 2.17. The van der Waals surface area contributed by atoms with Gasteiger partial charge in [-0.25, -0.2) is 0 Å². The van der Waals surface area contributed by atoms with Gasteiger partial charge in [-0.15, -0.1) is 0 Å². The molecule has 3 aromatic heterocycles. The van der Waals surface area contributed by atoms with Gasteiger partial charge in [0, 0.05) is 18.9 Å². The van der Waals surface area contributed by atoms with Gasteiger partial charge in [-0.1, -0.05) is 0 Å². The zero-order chi connectivity index (χ0) is 16.2. The summed E-state index contributed by atoms with van der Waals surface area (Å²) in [6.07, 6.45) is 3.44. The number of methoxy groups -OCH3 is 1. The number of fused-ring (bicyclic) bond motifs is 1. The van der Waals surface area contributed by atoms with Gasteiger partial charge in [0.25, 0.3) is 6.01 Å². The molecule has 0 unspecified atom stereocenters. The summed E-state index contributed by atoms with van der Waals surface area (Å²) in [4.78, 5) is 16.7. The van der Waals surface area contributed by atoms with Crippen molar-refractivity contribution in [3.63, 3.8) is 0 Å². The van der Waals surface area contributed by atoms with Crippen molar-refractivity contribution in [3.8, 4) is 6.01 Å². The van der Waals surface area contributed by atoms with E-state index in [2.05, 4.69) is 25.3 Å². The zero-order valence-corrected chi connectivity index (χ0v) is 13.2. The van der Waals surface area contributed by atoms with Crippen LogP contribution in [0, 0.1) is 0 Å². The minimum Gasteiger partial charge on any atom is -0.468 e. The minimum atomic E-state index is -0.0663. The summed E-state index contributed by atoms with van der Waals surface area (Å²) < 4.78 is 6.89. The van der Waals surface area contributed by atoms with Crippen LogP contribution in [0.2, 0.25) is 5.28 Å². The number of aliphatic hydroxyl groups is 1. The predicted octanol–water partition coefficient (Wildman–Crippen LogP) is 1.49. The average molecular weight is 335 g/mol. The molecular weight excluding hydrogens is 320 g/mol. The third-order valence-corrected chi connectivity index (χ3v) is 3.42. The van der Waals surface area contributed by atoms with E-state index >= 15 is 0 Å². The van der Waals surface area contributed by atoms with Crippen LogP contribution < -0.4 is 10.1 Å². The molecule has 0 fully saturated rings. The van der Waals surface area contributed by atoms with E-state index in [-0.39, 0.29) is 11.9 Å². The first-order chi connectivity index (χ1) is 11.2. The Morgan fingerprint density at radius 3 is 2.74 bits per heavy atom. The van der Waals surface area contributed by atoms with Crippen LogP contribution in [0.4, 0.5) is 5.82 Å². The molecule has 0 saturated heterocycles. The summed E-state index contributed by atoms with van der Waals surface area (Å²) >= 11 is 6.01. The number of anilines is 1. The molecule has 8 nitrogen and oxygen atoms in total. The highest BCUT2D eigenvalue weighted by molar-refractivity contribution is 6.28. The molecule has 0 spiro atoms. The predicted molar refractivity (Wildman–Crippen MR) is 85.5 cm³/mol. The van der Waals surface area contributed by atoms with Crippen molar-refractivity contribution in [1.29, 1.82) is 0 Å². The quantitative estimate of drug-likeness (QED) is 0.659. The Hall–Kier alpha value is -2.45. The summed E-state index contributed by atoms with van der Waals surface area (Å²) in [5.74, 6) is 0.506. The third kappa shape index (κ3) is 3.17. The molecule has 0 aliphatic rings. The smallest absolute Gasteiger partial charge is 0.298 e. The summed E-state index contributed by atoms with van der Waals surface area (Å²) in [6, 6.07) is 4.15. The van der Waals surface area contributed by atoms with E-state index in [0.29, 0.717) is 36.1 Å². The number of hydrogen-bond acceptors (Lipinski definition) is 7. The van der Waals surface area contributed by atoms with Crippen molar-refractivity contribution in [2.24, 2.45) is 0 Å². The van der Waals surface area contributed by atoms with Crippen molar-refractivity contribution in [3.05, 3.63) is 35.4 Å². The van der Waals surface area contributed by atoms with Crippen LogP contribution in [0.3, 0.4) is 0 Å². The molecule has 9 heteroatoms. The van der Waals surface area contributed by atoms with Crippen LogP contribution in [-0.4, -0.2) is 43.3 Å². The van der Waals surface area contributed by atoms with E-state index in [1.807, 2.05) is 12.1 Å². The molecule has 0 aromatic carbocycles. The SMILES string of the molecule is COc1nc2c(NCc3ccncc3)nc(Cl)nc2n1CCO. The van der Waals surface area contributed by atoms with Gasteiger partial charge < -0.3 is 15.2 Å². The largest absolute Gasteiger partial charge is 0.468 e. The molecule has 0 atom stereocenters. The average Bonchev–Trinajstić information content (AvgIpc) is 2.92. The lowest BCUT2D eigenvalue weighted by Gasteiger charge is -2.07. The number of aromatic nitrogens is 5. The van der Waals surface area contributed by atoms with E-state index in [0.717, 1.165) is 5.56 Å². The Morgan fingerprint density at radius 2 is 2.04 bits per heavy atom. The van der Waals surface area contributed by atoms with Crippen LogP contribution in [0.15, 0.2) is 24.5 Å². The molecule has 3 rings (SSSR count). The molecule has 0 radical (unpaired) electrons. The lowest BCUT2D eigenvalue weighted by atomic mass is 10.3. The second-order valence-electron chi connectivity index (χ2n) is 4.70. The van der Waals surface area contributed by atoms with Gasteiger partial charge >= 0.3 is 0 Å². The first-order valence-corrected chi connectivity index (χ1v) is 7.32. The number of pyridine rings is 1. The summed E-state index contributed by atoms with van der Waals surface area (Å²) in [7, 11) is 1.51. The number of rotatable bonds is 6. The number of hydrogen-bond donors (Lipinski definition) is 2. The van der Waals surface area contributed by atoms with Crippen molar-refractivity contribution < 1.29 is 9.84 Å². The molecular formula is C14H15ClN6O2. The highest BCUT2D eigenvalue weighted by atomic mass is 35.5. The van der Waals surface area contributed by atoms with E-state index in [1.165, 1.54) is 7.11 Å². The van der Waals surface area contributed by atoms with Gasteiger partial charge in [-0.3, -0.25) is 9.55 Å². The Balaban J connectivity index is 1.99. The first-order valence-electron chi connectivity index (χ1n) is 6.94. The topological polar surface area (TPSA) is 98.0 Å². The van der Waals surface area contributed by atoms with Gasteiger partial charge in [0.05, 0.1) is 20.3 Å². The van der Waals surface area contributed by atoms with Gasteiger partial charge in [-0.2, -0.15) is 15.0 Å². The van der Waals surface area contributed by atoms with Gasteiger partial charge in [0.15, 0.2) is 17.0 Å². The molecule has 0 aliphatic heterocycles. The Bertz CT molecular complexity index is 808. The number of halogens is 1. The molecule has 3 aromatic rings. The molecule has 0 amide bonds. The molecule has 0 saturated carbocycles. The summed E-state index contributed by atoms with van der Waals surface area (Å²) in [6.45, 7) is 0.778. The van der Waals surface area contributed by atoms with E-state index in [4.69, 9.17) is 16.3 Å². The van der Waals surface area contributed by atoms with Gasteiger partial charge in [-0.05, 0) is 29.3 Å². The molecule has 0 aliphatic carbocycles. The number of nitrogens with one attached hydrogen (secondary N) is 1. The molecule has 120 valence electrons. The Labute approximate surface area is 137 Å². The fourth-order valence-corrected chi connectivity index (χ4v) is 2.39. The van der Waals surface area contributed by atoms with Crippen LogP contribution in [0.5, 0.6) is 6.01 Å². The van der Waals surface area contributed by atoms with E-state index < -0.39 is 0 Å². The van der Waals surface area contributed by atoms with E-state index in [1.54, 1.807) is 17.0 Å². The first kappa shape index (κ1) is 15.4. The summed E-state index contributed by atoms with van der Waals surface area (Å²) in [5, 5.41) is 12.5. The van der Waals surface area contributed by atoms with Crippen LogP contribution in [0.25, 0.3) is 11.2 Å². The maximum Gasteiger partial charge on any atom is 0.298 e. The van der Waals surface area contributed by atoms with Gasteiger partial charge in [0.1, 0.15) is 0 Å². The van der Waals surface area contributed by atoms with Crippen molar-refractivity contribution in [2.45, 2.75) is 13.1 Å². The molecule has 23 heavy (non-hydrogen) atoms. The van der Waals surface area contributed by atoms with Crippen molar-refractivity contribution >= 4 is 28.6 Å². The molecule has 0 bridgehead atoms. The monoisotopic (exact) mass is 334 g/mol. The number of imidazole rings is 1. The number of aliphatic hydroxyl groups excluding tert-OH is 1. The zero-order valence-electron chi connectivity index (χ0n) is 12.4. The minimum absolute atomic E-state index is 0.0663. The van der Waals surface area contributed by atoms with Gasteiger partial charge in [0.2, 0.25) is 5.28 Å². The lowest BCUT2D eigenvalue weighted by Crippen LogP contribution is -2.06. The lowest BCUT2D eigenvalue weighted by molar-refractivity contribution is 0.264.